The van der Waals surface area contributed by atoms with Gasteiger partial charge >= 0.3 is 0 Å². The monoisotopic (exact) mass is 302 g/mol. The smallest absolute Gasteiger partial charge is 0.189 e. The number of halogens is 2. The molecule has 3 nitrogen and oxygen atoms in total. The molecule has 66 valence electrons. The van der Waals surface area contributed by atoms with Crippen molar-refractivity contribution in [2.45, 2.75) is 0 Å². The Labute approximate surface area is 91.2 Å². The van der Waals surface area contributed by atoms with Crippen LogP contribution in [0.5, 0.6) is 0 Å². The van der Waals surface area contributed by atoms with Crippen LogP contribution in [-0.4, -0.2) is 4.98 Å². The molecular formula is C8H4Br2N2O. The number of rotatable bonds is 0. The summed E-state index contributed by atoms with van der Waals surface area (Å²) in [7, 11) is 0. The first kappa shape index (κ1) is 8.90. The summed E-state index contributed by atoms with van der Waals surface area (Å²) >= 11 is 6.64. The van der Waals surface area contributed by atoms with Crippen molar-refractivity contribution in [1.82, 2.24) is 4.98 Å². The van der Waals surface area contributed by atoms with E-state index in [9.17, 15) is 5.21 Å². The highest BCUT2D eigenvalue weighted by atomic mass is 79.9. The Balaban J connectivity index is 2.92. The van der Waals surface area contributed by atoms with E-state index in [0.717, 1.165) is 24.6 Å². The summed E-state index contributed by atoms with van der Waals surface area (Å²) in [5, 5.41) is 12.8. The van der Waals surface area contributed by atoms with Gasteiger partial charge in [0.2, 0.25) is 0 Å². The van der Waals surface area contributed by atoms with Gasteiger partial charge in [0.15, 0.2) is 12.4 Å². The van der Waals surface area contributed by atoms with Crippen LogP contribution < -0.4 is 4.73 Å². The predicted octanol–water partition coefficient (Wildman–Crippen LogP) is 2.39. The van der Waals surface area contributed by atoms with Gasteiger partial charge in [-0.15, -0.1) is 0 Å². The molecule has 0 radical (unpaired) electrons. The third kappa shape index (κ3) is 1.53. The molecule has 5 heteroatoms. The fraction of sp³-hybridized carbons (Fsp3) is 0. The zero-order chi connectivity index (χ0) is 9.42. The molecule has 0 aliphatic carbocycles. The van der Waals surface area contributed by atoms with Crippen molar-refractivity contribution in [3.05, 3.63) is 38.9 Å². The van der Waals surface area contributed by atoms with Gasteiger partial charge in [0.25, 0.3) is 0 Å². The van der Waals surface area contributed by atoms with Crippen molar-refractivity contribution in [3.8, 4) is 0 Å². The molecule has 0 saturated heterocycles. The fourth-order valence-electron chi connectivity index (χ4n) is 1.10. The van der Waals surface area contributed by atoms with Crippen LogP contribution in [0.15, 0.2) is 33.7 Å². The van der Waals surface area contributed by atoms with Crippen LogP contribution in [0.4, 0.5) is 0 Å². The first-order valence-corrected chi connectivity index (χ1v) is 5.09. The van der Waals surface area contributed by atoms with Gasteiger partial charge in [-0.2, -0.15) is 4.73 Å². The molecule has 0 bridgehead atoms. The van der Waals surface area contributed by atoms with Crippen molar-refractivity contribution in [2.75, 3.05) is 0 Å². The Morgan fingerprint density at radius 3 is 2.85 bits per heavy atom. The molecule has 0 fully saturated rings. The Hall–Kier alpha value is -0.680. The lowest BCUT2D eigenvalue weighted by molar-refractivity contribution is -0.603. The van der Waals surface area contributed by atoms with Gasteiger partial charge < -0.3 is 5.21 Å². The molecule has 0 aromatic carbocycles. The van der Waals surface area contributed by atoms with Crippen molar-refractivity contribution in [2.24, 2.45) is 0 Å². The summed E-state index contributed by atoms with van der Waals surface area (Å²) in [6.07, 6.45) is 4.61. The Kier molecular flexibility index (Phi) is 2.21. The van der Waals surface area contributed by atoms with E-state index >= 15 is 0 Å². The fourth-order valence-corrected chi connectivity index (χ4v) is 1.97. The molecule has 2 aromatic heterocycles. The topological polar surface area (TPSA) is 39.8 Å². The van der Waals surface area contributed by atoms with E-state index in [0.29, 0.717) is 0 Å². The maximum absolute atomic E-state index is 11.0. The molecule has 0 aliphatic rings. The molecule has 0 N–H and O–H groups in total. The maximum atomic E-state index is 11.0. The number of hydrogen-bond donors (Lipinski definition) is 0. The first-order chi connectivity index (χ1) is 6.18. The highest BCUT2D eigenvalue weighted by Crippen LogP contribution is 2.26. The van der Waals surface area contributed by atoms with E-state index in [1.54, 1.807) is 12.3 Å². The summed E-state index contributed by atoms with van der Waals surface area (Å²) in [6, 6.07) is 1.73. The molecule has 0 saturated carbocycles. The third-order valence-corrected chi connectivity index (χ3v) is 2.97. The summed E-state index contributed by atoms with van der Waals surface area (Å²) in [6.45, 7) is 0. The van der Waals surface area contributed by atoms with Crippen molar-refractivity contribution in [1.29, 1.82) is 0 Å². The molecule has 0 spiro atoms. The second kappa shape index (κ2) is 3.23. The summed E-state index contributed by atoms with van der Waals surface area (Å²) in [5.41, 5.74) is 0. The molecule has 0 amide bonds. The standard InChI is InChI=1S/C8H4Br2N2O/c9-7-3-11-8(10)5-1-2-12(13)4-6(5)7/h1-4H. The van der Waals surface area contributed by atoms with Crippen LogP contribution in [0.3, 0.4) is 0 Å². The minimum absolute atomic E-state index is 0.742. The molecule has 2 heterocycles. The van der Waals surface area contributed by atoms with E-state index in [4.69, 9.17) is 0 Å². The molecule has 2 rings (SSSR count). The summed E-state index contributed by atoms with van der Waals surface area (Å²) < 4.78 is 2.32. The van der Waals surface area contributed by atoms with Crippen LogP contribution >= 0.6 is 31.9 Å². The lowest BCUT2D eigenvalue weighted by Crippen LogP contribution is -2.23. The Morgan fingerprint density at radius 1 is 1.31 bits per heavy atom. The highest BCUT2D eigenvalue weighted by Gasteiger charge is 2.06. The van der Waals surface area contributed by atoms with E-state index < -0.39 is 0 Å². The molecule has 13 heavy (non-hydrogen) atoms. The SMILES string of the molecule is [O-][n+]1ccc2c(Br)ncc(Br)c2c1. The highest BCUT2D eigenvalue weighted by molar-refractivity contribution is 9.11. The van der Waals surface area contributed by atoms with Crippen molar-refractivity contribution in [3.63, 3.8) is 0 Å². The lowest BCUT2D eigenvalue weighted by Gasteiger charge is -2.01. The summed E-state index contributed by atoms with van der Waals surface area (Å²) in [4.78, 5) is 4.10. The normalized spacial score (nSPS) is 10.6. The molecule has 0 atom stereocenters. The Morgan fingerprint density at radius 2 is 2.08 bits per heavy atom. The van der Waals surface area contributed by atoms with E-state index in [2.05, 4.69) is 36.8 Å². The molecule has 0 aliphatic heterocycles. The van der Waals surface area contributed by atoms with Gasteiger partial charge in [-0.3, -0.25) is 0 Å². The van der Waals surface area contributed by atoms with Crippen LogP contribution in [0.1, 0.15) is 0 Å². The van der Waals surface area contributed by atoms with Crippen LogP contribution in [-0.2, 0) is 0 Å². The molecular weight excluding hydrogens is 300 g/mol. The average molecular weight is 304 g/mol. The quantitative estimate of drug-likeness (QED) is 0.426. The number of nitrogens with zero attached hydrogens (tertiary/aromatic N) is 2. The lowest BCUT2D eigenvalue weighted by atomic mass is 10.2. The van der Waals surface area contributed by atoms with Gasteiger partial charge in [0.1, 0.15) is 4.60 Å². The predicted molar refractivity (Wildman–Crippen MR) is 56.1 cm³/mol. The van der Waals surface area contributed by atoms with Crippen LogP contribution in [0, 0.1) is 5.21 Å². The largest absolute Gasteiger partial charge is 0.619 e. The van der Waals surface area contributed by atoms with Gasteiger partial charge in [-0.1, -0.05) is 0 Å². The zero-order valence-electron chi connectivity index (χ0n) is 6.37. The van der Waals surface area contributed by atoms with Gasteiger partial charge in [0, 0.05) is 22.1 Å². The minimum atomic E-state index is 0.742. The Bertz CT molecular complexity index is 473. The number of pyridine rings is 2. The first-order valence-electron chi connectivity index (χ1n) is 3.51. The number of aromatic nitrogens is 2. The van der Waals surface area contributed by atoms with Gasteiger partial charge in [-0.05, 0) is 31.9 Å². The van der Waals surface area contributed by atoms with Crippen molar-refractivity contribution >= 4 is 42.6 Å². The van der Waals surface area contributed by atoms with Crippen LogP contribution in [0.2, 0.25) is 0 Å². The number of hydrogen-bond acceptors (Lipinski definition) is 2. The second-order valence-electron chi connectivity index (χ2n) is 2.53. The van der Waals surface area contributed by atoms with E-state index in [1.807, 2.05) is 0 Å². The van der Waals surface area contributed by atoms with E-state index in [1.165, 1.54) is 12.4 Å². The molecule has 0 unspecified atom stereocenters. The number of fused-ring (bicyclic) bond motifs is 1. The summed E-state index contributed by atoms with van der Waals surface area (Å²) in [5.74, 6) is 0. The van der Waals surface area contributed by atoms with Gasteiger partial charge in [-0.25, -0.2) is 4.98 Å². The second-order valence-corrected chi connectivity index (χ2v) is 4.13. The van der Waals surface area contributed by atoms with Crippen molar-refractivity contribution < 1.29 is 4.73 Å². The van der Waals surface area contributed by atoms with E-state index in [-0.39, 0.29) is 0 Å². The maximum Gasteiger partial charge on any atom is 0.189 e. The molecule has 2 aromatic rings. The third-order valence-electron chi connectivity index (χ3n) is 1.71. The van der Waals surface area contributed by atoms with Gasteiger partial charge in [0.05, 0.1) is 5.39 Å². The minimum Gasteiger partial charge on any atom is -0.619 e. The average Bonchev–Trinajstić information content (AvgIpc) is 2.12. The van der Waals surface area contributed by atoms with Crippen LogP contribution in [0.25, 0.3) is 10.8 Å². The zero-order valence-corrected chi connectivity index (χ0v) is 9.54.